The fourth-order valence-corrected chi connectivity index (χ4v) is 3.27. The number of anilines is 1. The van der Waals surface area contributed by atoms with Gasteiger partial charge in [-0.2, -0.15) is 0 Å². The SMILES string of the molecule is CC(=O)N1/C(=C/c2ccccc2)C(=O)c2cc(-c3ccccc3)ccc21. The van der Waals surface area contributed by atoms with E-state index in [1.807, 2.05) is 78.9 Å². The first-order valence-electron chi connectivity index (χ1n) is 8.47. The number of Topliss-reactive ketones (excluding diaryl/α,β-unsaturated/α-hetero) is 1. The van der Waals surface area contributed by atoms with E-state index in [0.29, 0.717) is 16.9 Å². The first-order chi connectivity index (χ1) is 12.6. The average Bonchev–Trinajstić information content (AvgIpc) is 2.95. The van der Waals surface area contributed by atoms with E-state index in [2.05, 4.69) is 0 Å². The predicted octanol–water partition coefficient (Wildman–Crippen LogP) is 4.94. The minimum atomic E-state index is -0.174. The zero-order valence-electron chi connectivity index (χ0n) is 14.3. The van der Waals surface area contributed by atoms with E-state index in [1.54, 1.807) is 6.08 Å². The highest BCUT2D eigenvalue weighted by atomic mass is 16.2. The molecule has 3 aromatic carbocycles. The first-order valence-corrected chi connectivity index (χ1v) is 8.47. The highest BCUT2D eigenvalue weighted by Gasteiger charge is 2.34. The number of carbonyl (C=O) groups is 2. The van der Waals surface area contributed by atoms with E-state index in [9.17, 15) is 9.59 Å². The number of ketones is 1. The van der Waals surface area contributed by atoms with Gasteiger partial charge < -0.3 is 0 Å². The largest absolute Gasteiger partial charge is 0.287 e. The summed E-state index contributed by atoms with van der Waals surface area (Å²) < 4.78 is 0. The van der Waals surface area contributed by atoms with Crippen molar-refractivity contribution in [3.8, 4) is 11.1 Å². The van der Waals surface area contributed by atoms with Gasteiger partial charge in [-0.25, -0.2) is 0 Å². The zero-order valence-corrected chi connectivity index (χ0v) is 14.3. The van der Waals surface area contributed by atoms with Gasteiger partial charge in [0, 0.05) is 12.5 Å². The molecule has 0 spiro atoms. The fourth-order valence-electron chi connectivity index (χ4n) is 3.27. The maximum Gasteiger partial charge on any atom is 0.228 e. The molecule has 0 unspecified atom stereocenters. The van der Waals surface area contributed by atoms with E-state index >= 15 is 0 Å². The van der Waals surface area contributed by atoms with Gasteiger partial charge in [0.25, 0.3) is 0 Å². The van der Waals surface area contributed by atoms with Gasteiger partial charge in [-0.15, -0.1) is 0 Å². The molecule has 1 heterocycles. The second-order valence-corrected chi connectivity index (χ2v) is 6.22. The second kappa shape index (κ2) is 6.45. The normalized spacial score (nSPS) is 14.6. The molecule has 3 nitrogen and oxygen atoms in total. The van der Waals surface area contributed by atoms with Crippen LogP contribution in [-0.2, 0) is 4.79 Å². The van der Waals surface area contributed by atoms with Crippen LogP contribution in [0, 0.1) is 0 Å². The van der Waals surface area contributed by atoms with Crippen LogP contribution in [0.25, 0.3) is 17.2 Å². The van der Waals surface area contributed by atoms with Gasteiger partial charge in [-0.1, -0.05) is 66.7 Å². The highest BCUT2D eigenvalue weighted by Crippen LogP contribution is 2.38. The van der Waals surface area contributed by atoms with Crippen molar-refractivity contribution < 1.29 is 9.59 Å². The maximum absolute atomic E-state index is 13.0. The molecule has 3 heteroatoms. The van der Waals surface area contributed by atoms with Crippen molar-refractivity contribution in [3.63, 3.8) is 0 Å². The summed E-state index contributed by atoms with van der Waals surface area (Å²) in [7, 11) is 0. The molecule has 3 aromatic rings. The lowest BCUT2D eigenvalue weighted by Gasteiger charge is -2.16. The standard InChI is InChI=1S/C23H17NO2/c1-16(25)24-21-13-12-19(18-10-6-3-7-11-18)15-20(21)23(26)22(24)14-17-8-4-2-5-9-17/h2-15H,1H3/b22-14+. The van der Waals surface area contributed by atoms with Crippen LogP contribution in [0.3, 0.4) is 0 Å². The lowest BCUT2D eigenvalue weighted by atomic mass is 10.0. The summed E-state index contributed by atoms with van der Waals surface area (Å²) in [4.78, 5) is 26.8. The van der Waals surface area contributed by atoms with E-state index < -0.39 is 0 Å². The van der Waals surface area contributed by atoms with E-state index in [1.165, 1.54) is 11.8 Å². The molecule has 0 atom stereocenters. The number of fused-ring (bicyclic) bond motifs is 1. The Hall–Kier alpha value is -3.46. The monoisotopic (exact) mass is 339 g/mol. The molecule has 1 aliphatic heterocycles. The van der Waals surface area contributed by atoms with Crippen molar-refractivity contribution in [2.75, 3.05) is 4.90 Å². The Kier molecular flexibility index (Phi) is 3.98. The van der Waals surface area contributed by atoms with Crippen molar-refractivity contribution in [3.05, 3.63) is 95.7 Å². The summed E-state index contributed by atoms with van der Waals surface area (Å²) in [5.74, 6) is -0.302. The van der Waals surface area contributed by atoms with Crippen LogP contribution in [0.2, 0.25) is 0 Å². The van der Waals surface area contributed by atoms with Crippen molar-refractivity contribution >= 4 is 23.5 Å². The van der Waals surface area contributed by atoms with Crippen molar-refractivity contribution in [2.45, 2.75) is 6.92 Å². The van der Waals surface area contributed by atoms with E-state index in [-0.39, 0.29) is 11.7 Å². The number of rotatable bonds is 2. The van der Waals surface area contributed by atoms with Crippen molar-refractivity contribution in [2.24, 2.45) is 0 Å². The molecule has 4 rings (SSSR count). The third-order valence-electron chi connectivity index (χ3n) is 4.48. The summed E-state index contributed by atoms with van der Waals surface area (Å²) in [5.41, 5.74) is 4.48. The molecule has 0 aliphatic carbocycles. The minimum Gasteiger partial charge on any atom is -0.287 e. The summed E-state index contributed by atoms with van der Waals surface area (Å²) in [6, 6.07) is 25.1. The Bertz CT molecular complexity index is 1020. The van der Waals surface area contributed by atoms with E-state index in [4.69, 9.17) is 0 Å². The second-order valence-electron chi connectivity index (χ2n) is 6.22. The molecule has 0 saturated carbocycles. The maximum atomic E-state index is 13.0. The number of hydrogen-bond acceptors (Lipinski definition) is 2. The molecule has 1 amide bonds. The van der Waals surface area contributed by atoms with Gasteiger partial charge in [-0.3, -0.25) is 14.5 Å². The minimum absolute atomic E-state index is 0.128. The Morgan fingerprint density at radius 3 is 2.15 bits per heavy atom. The third kappa shape index (κ3) is 2.74. The van der Waals surface area contributed by atoms with Crippen LogP contribution in [0.5, 0.6) is 0 Å². The molecule has 126 valence electrons. The van der Waals surface area contributed by atoms with Crippen LogP contribution < -0.4 is 4.90 Å². The number of hydrogen-bond donors (Lipinski definition) is 0. The Morgan fingerprint density at radius 2 is 1.50 bits per heavy atom. The molecule has 26 heavy (non-hydrogen) atoms. The number of amides is 1. The Labute approximate surface area is 152 Å². The lowest BCUT2D eigenvalue weighted by molar-refractivity contribution is -0.116. The predicted molar refractivity (Wildman–Crippen MR) is 104 cm³/mol. The molecule has 0 fully saturated rings. The smallest absolute Gasteiger partial charge is 0.228 e. The molecule has 0 N–H and O–H groups in total. The molecular weight excluding hydrogens is 322 g/mol. The van der Waals surface area contributed by atoms with Gasteiger partial charge in [-0.05, 0) is 34.9 Å². The zero-order chi connectivity index (χ0) is 18.1. The lowest BCUT2D eigenvalue weighted by Crippen LogP contribution is -2.25. The molecule has 1 aliphatic rings. The van der Waals surface area contributed by atoms with Crippen molar-refractivity contribution in [1.82, 2.24) is 0 Å². The van der Waals surface area contributed by atoms with E-state index in [0.717, 1.165) is 16.7 Å². The summed E-state index contributed by atoms with van der Waals surface area (Å²) in [5, 5.41) is 0. The Morgan fingerprint density at radius 1 is 0.846 bits per heavy atom. The number of carbonyl (C=O) groups excluding carboxylic acids is 2. The van der Waals surface area contributed by atoms with Crippen molar-refractivity contribution in [1.29, 1.82) is 0 Å². The molecule has 0 bridgehead atoms. The topological polar surface area (TPSA) is 37.4 Å². The number of nitrogens with zero attached hydrogens (tertiary/aromatic N) is 1. The average molecular weight is 339 g/mol. The summed E-state index contributed by atoms with van der Waals surface area (Å²) >= 11 is 0. The summed E-state index contributed by atoms with van der Waals surface area (Å²) in [6.07, 6.45) is 1.77. The van der Waals surface area contributed by atoms with Crippen LogP contribution >= 0.6 is 0 Å². The van der Waals surface area contributed by atoms with Crippen LogP contribution in [-0.4, -0.2) is 11.7 Å². The van der Waals surface area contributed by atoms with Gasteiger partial charge in [0.15, 0.2) is 0 Å². The first kappa shape index (κ1) is 16.0. The summed E-state index contributed by atoms with van der Waals surface area (Å²) in [6.45, 7) is 1.48. The third-order valence-corrected chi connectivity index (χ3v) is 4.48. The van der Waals surface area contributed by atoms with Crippen LogP contribution in [0.4, 0.5) is 5.69 Å². The fraction of sp³-hybridized carbons (Fsp3) is 0.0435. The Balaban J connectivity index is 1.83. The highest BCUT2D eigenvalue weighted by molar-refractivity contribution is 6.27. The molecule has 0 saturated heterocycles. The van der Waals surface area contributed by atoms with Gasteiger partial charge in [0.2, 0.25) is 11.7 Å². The van der Waals surface area contributed by atoms with Gasteiger partial charge in [0.1, 0.15) is 0 Å². The molecule has 0 aromatic heterocycles. The van der Waals surface area contributed by atoms with Gasteiger partial charge in [0.05, 0.1) is 11.4 Å². The molecular formula is C23H17NO2. The van der Waals surface area contributed by atoms with Crippen LogP contribution in [0.1, 0.15) is 22.8 Å². The molecule has 0 radical (unpaired) electrons. The number of benzene rings is 3. The van der Waals surface area contributed by atoms with Gasteiger partial charge >= 0.3 is 0 Å². The van der Waals surface area contributed by atoms with Crippen LogP contribution in [0.15, 0.2) is 84.6 Å². The quantitative estimate of drug-likeness (QED) is 0.620. The number of allylic oxidation sites excluding steroid dienone is 1.